The summed E-state index contributed by atoms with van der Waals surface area (Å²) in [6.07, 6.45) is 0.240. The molecule has 0 radical (unpaired) electrons. The molecule has 0 heterocycles. The molecule has 0 unspecified atom stereocenters. The van der Waals surface area contributed by atoms with Crippen molar-refractivity contribution in [2.24, 2.45) is 0 Å². The van der Waals surface area contributed by atoms with Gasteiger partial charge in [0.2, 0.25) is 0 Å². The van der Waals surface area contributed by atoms with Crippen LogP contribution in [-0.2, 0) is 0 Å². The molecule has 1 aromatic carbocycles. The first-order valence-electron chi connectivity index (χ1n) is 3.69. The minimum atomic E-state index is -0.524. The van der Waals surface area contributed by atoms with Crippen LogP contribution in [0, 0.1) is 5.82 Å². The van der Waals surface area contributed by atoms with Gasteiger partial charge in [0.05, 0.1) is 5.02 Å². The Hall–Kier alpha value is -0.600. The summed E-state index contributed by atoms with van der Waals surface area (Å²) < 4.78 is 12.7. The van der Waals surface area contributed by atoms with E-state index < -0.39 is 5.82 Å². The molecule has 0 aliphatic carbocycles. The zero-order valence-electron chi connectivity index (χ0n) is 6.69. The smallest absolute Gasteiger partial charge is 0.164 e. The second-order valence-electron chi connectivity index (χ2n) is 2.49. The molecular formula is C9H7Cl2FO. The molecule has 70 valence electrons. The van der Waals surface area contributed by atoms with E-state index in [4.69, 9.17) is 23.2 Å². The van der Waals surface area contributed by atoms with Crippen molar-refractivity contribution in [1.82, 2.24) is 0 Å². The van der Waals surface area contributed by atoms with Gasteiger partial charge in [-0.3, -0.25) is 4.79 Å². The van der Waals surface area contributed by atoms with Gasteiger partial charge in [0.1, 0.15) is 5.82 Å². The summed E-state index contributed by atoms with van der Waals surface area (Å²) in [5.74, 6) is -0.394. The van der Waals surface area contributed by atoms with Gasteiger partial charge in [-0.2, -0.15) is 0 Å². The van der Waals surface area contributed by atoms with Crippen LogP contribution in [-0.4, -0.2) is 11.7 Å². The highest BCUT2D eigenvalue weighted by molar-refractivity contribution is 6.31. The van der Waals surface area contributed by atoms with Gasteiger partial charge in [0.15, 0.2) is 5.78 Å². The van der Waals surface area contributed by atoms with E-state index in [-0.39, 0.29) is 23.1 Å². The number of halogens is 3. The second-order valence-corrected chi connectivity index (χ2v) is 3.28. The van der Waals surface area contributed by atoms with Crippen LogP contribution in [0.3, 0.4) is 0 Å². The summed E-state index contributed by atoms with van der Waals surface area (Å²) >= 11 is 10.9. The third kappa shape index (κ3) is 2.68. The van der Waals surface area contributed by atoms with Gasteiger partial charge in [-0.1, -0.05) is 11.6 Å². The molecule has 0 N–H and O–H groups in total. The predicted octanol–water partition coefficient (Wildman–Crippen LogP) is 3.29. The van der Waals surface area contributed by atoms with E-state index in [2.05, 4.69) is 0 Å². The topological polar surface area (TPSA) is 17.1 Å². The second kappa shape index (κ2) is 4.58. The lowest BCUT2D eigenvalue weighted by Crippen LogP contribution is -1.99. The summed E-state index contributed by atoms with van der Waals surface area (Å²) in [6, 6.07) is 3.88. The van der Waals surface area contributed by atoms with Crippen molar-refractivity contribution < 1.29 is 9.18 Å². The Morgan fingerprint density at radius 3 is 2.69 bits per heavy atom. The van der Waals surface area contributed by atoms with Crippen LogP contribution in [0.1, 0.15) is 16.8 Å². The average molecular weight is 221 g/mol. The minimum Gasteiger partial charge on any atom is -0.294 e. The molecule has 4 heteroatoms. The van der Waals surface area contributed by atoms with E-state index >= 15 is 0 Å². The molecule has 0 saturated carbocycles. The number of carbonyl (C=O) groups is 1. The van der Waals surface area contributed by atoms with Crippen LogP contribution in [0.5, 0.6) is 0 Å². The Labute approximate surface area is 85.5 Å². The molecule has 0 aromatic heterocycles. The van der Waals surface area contributed by atoms with Gasteiger partial charge in [-0.05, 0) is 18.2 Å². The molecule has 1 nitrogen and oxygen atoms in total. The van der Waals surface area contributed by atoms with Crippen molar-refractivity contribution in [3.63, 3.8) is 0 Å². The number of carbonyl (C=O) groups excluding carboxylic acids is 1. The summed E-state index contributed by atoms with van der Waals surface area (Å²) in [7, 11) is 0. The van der Waals surface area contributed by atoms with Crippen molar-refractivity contribution in [3.8, 4) is 0 Å². The molecule has 1 rings (SSSR count). The van der Waals surface area contributed by atoms with E-state index in [9.17, 15) is 9.18 Å². The quantitative estimate of drug-likeness (QED) is 0.565. The number of rotatable bonds is 3. The molecule has 1 aromatic rings. The Kier molecular flexibility index (Phi) is 3.70. The molecular weight excluding hydrogens is 214 g/mol. The van der Waals surface area contributed by atoms with Crippen LogP contribution >= 0.6 is 23.2 Å². The fourth-order valence-corrected chi connectivity index (χ4v) is 1.25. The molecule has 13 heavy (non-hydrogen) atoms. The standard InChI is InChI=1S/C9H7Cl2FO/c10-4-3-9(13)6-1-2-8(12)7(11)5-6/h1-2,5H,3-4H2. The van der Waals surface area contributed by atoms with Gasteiger partial charge in [0, 0.05) is 17.9 Å². The maximum absolute atomic E-state index is 12.7. The highest BCUT2D eigenvalue weighted by atomic mass is 35.5. The monoisotopic (exact) mass is 220 g/mol. The summed E-state index contributed by atoms with van der Waals surface area (Å²) in [4.78, 5) is 11.2. The first-order chi connectivity index (χ1) is 6.15. The maximum Gasteiger partial charge on any atom is 0.164 e. The summed E-state index contributed by atoms with van der Waals surface area (Å²) in [5.41, 5.74) is 0.395. The SMILES string of the molecule is O=C(CCCl)c1ccc(F)c(Cl)c1. The van der Waals surface area contributed by atoms with Crippen LogP contribution < -0.4 is 0 Å². The molecule has 0 saturated heterocycles. The van der Waals surface area contributed by atoms with E-state index in [0.29, 0.717) is 5.56 Å². The van der Waals surface area contributed by atoms with E-state index in [1.807, 2.05) is 0 Å². The zero-order chi connectivity index (χ0) is 9.84. The van der Waals surface area contributed by atoms with Gasteiger partial charge >= 0.3 is 0 Å². The van der Waals surface area contributed by atoms with Crippen molar-refractivity contribution in [2.45, 2.75) is 6.42 Å². The number of alkyl halides is 1. The Morgan fingerprint density at radius 1 is 1.46 bits per heavy atom. The molecule has 0 bridgehead atoms. The first-order valence-corrected chi connectivity index (χ1v) is 4.60. The highest BCUT2D eigenvalue weighted by Gasteiger charge is 2.07. The fourth-order valence-electron chi connectivity index (χ4n) is 0.900. The van der Waals surface area contributed by atoms with Crippen molar-refractivity contribution in [3.05, 3.63) is 34.6 Å². The van der Waals surface area contributed by atoms with Crippen molar-refractivity contribution in [2.75, 3.05) is 5.88 Å². The van der Waals surface area contributed by atoms with E-state index in [0.717, 1.165) is 0 Å². The molecule has 0 fully saturated rings. The lowest BCUT2D eigenvalue weighted by Gasteiger charge is -1.99. The van der Waals surface area contributed by atoms with Gasteiger partial charge < -0.3 is 0 Å². The molecule has 0 spiro atoms. The number of ketones is 1. The third-order valence-corrected chi connectivity index (χ3v) is 2.04. The van der Waals surface area contributed by atoms with Crippen molar-refractivity contribution >= 4 is 29.0 Å². The van der Waals surface area contributed by atoms with E-state index in [1.165, 1.54) is 18.2 Å². The summed E-state index contributed by atoms with van der Waals surface area (Å²) in [5, 5.41) is -0.0413. The molecule has 0 aliphatic rings. The molecule has 0 atom stereocenters. The van der Waals surface area contributed by atoms with Gasteiger partial charge in [-0.25, -0.2) is 4.39 Å². The minimum absolute atomic E-state index is 0.0413. The van der Waals surface area contributed by atoms with Crippen molar-refractivity contribution in [1.29, 1.82) is 0 Å². The molecule has 0 aliphatic heterocycles. The Morgan fingerprint density at radius 2 is 2.15 bits per heavy atom. The van der Waals surface area contributed by atoms with Crippen LogP contribution in [0.2, 0.25) is 5.02 Å². The summed E-state index contributed by atoms with van der Waals surface area (Å²) in [6.45, 7) is 0. The van der Waals surface area contributed by atoms with Crippen LogP contribution in [0.25, 0.3) is 0 Å². The van der Waals surface area contributed by atoms with Gasteiger partial charge in [-0.15, -0.1) is 11.6 Å². The lowest BCUT2D eigenvalue weighted by molar-refractivity contribution is 0.0989. The van der Waals surface area contributed by atoms with Crippen LogP contribution in [0.15, 0.2) is 18.2 Å². The lowest BCUT2D eigenvalue weighted by atomic mass is 10.1. The fraction of sp³-hybridized carbons (Fsp3) is 0.222. The average Bonchev–Trinajstić information content (AvgIpc) is 2.10. The highest BCUT2D eigenvalue weighted by Crippen LogP contribution is 2.17. The Balaban J connectivity index is 2.90. The normalized spacial score (nSPS) is 10.1. The van der Waals surface area contributed by atoms with E-state index in [1.54, 1.807) is 0 Å². The largest absolute Gasteiger partial charge is 0.294 e. The maximum atomic E-state index is 12.7. The first kappa shape index (κ1) is 10.5. The van der Waals surface area contributed by atoms with Gasteiger partial charge in [0.25, 0.3) is 0 Å². The number of hydrogen-bond acceptors (Lipinski definition) is 1. The third-order valence-electron chi connectivity index (χ3n) is 1.56. The number of benzene rings is 1. The predicted molar refractivity (Wildman–Crippen MR) is 51.1 cm³/mol. The zero-order valence-corrected chi connectivity index (χ0v) is 8.20. The number of hydrogen-bond donors (Lipinski definition) is 0. The van der Waals surface area contributed by atoms with Crippen LogP contribution in [0.4, 0.5) is 4.39 Å². The molecule has 0 amide bonds. The Bertz CT molecular complexity index is 325. The number of Topliss-reactive ketones (excluding diaryl/α,β-unsaturated/α-hetero) is 1.